The Labute approximate surface area is 95.0 Å². The van der Waals surface area contributed by atoms with Crippen molar-refractivity contribution in [2.24, 2.45) is 0 Å². The second-order valence-electron chi connectivity index (χ2n) is 3.44. The number of hydrogen-bond acceptors (Lipinski definition) is 2. The van der Waals surface area contributed by atoms with Crippen molar-refractivity contribution in [3.05, 3.63) is 36.7 Å². The molecule has 1 amide bonds. The summed E-state index contributed by atoms with van der Waals surface area (Å²) in [5.41, 5.74) is 0.652. The molecule has 4 nitrogen and oxygen atoms in total. The number of rotatable bonds is 6. The second kappa shape index (κ2) is 5.90. The summed E-state index contributed by atoms with van der Waals surface area (Å²) in [5, 5.41) is 2.67. The number of amides is 1. The van der Waals surface area contributed by atoms with Crippen molar-refractivity contribution in [3.8, 4) is 0 Å². The molecule has 0 aromatic carbocycles. The van der Waals surface area contributed by atoms with Gasteiger partial charge in [0, 0.05) is 30.9 Å². The molecule has 1 aromatic heterocycles. The average molecular weight is 220 g/mol. The predicted octanol–water partition coefficient (Wildman–Crippen LogP) is 1.38. The van der Waals surface area contributed by atoms with Gasteiger partial charge in [0.2, 0.25) is 5.91 Å². The normalized spacial score (nSPS) is 9.81. The molecule has 0 aliphatic carbocycles. The lowest BCUT2D eigenvalue weighted by molar-refractivity contribution is -0.121. The number of nitrogens with zero attached hydrogens (tertiary/aromatic N) is 1. The monoisotopic (exact) mass is 220 g/mol. The van der Waals surface area contributed by atoms with E-state index in [1.54, 1.807) is 29.1 Å². The lowest BCUT2D eigenvalue weighted by atomic mass is 10.2. The zero-order valence-electron chi connectivity index (χ0n) is 9.40. The average Bonchev–Trinajstić information content (AvgIpc) is 2.73. The third-order valence-corrected chi connectivity index (χ3v) is 2.16. The van der Waals surface area contributed by atoms with Gasteiger partial charge in [0.25, 0.3) is 0 Å². The highest BCUT2D eigenvalue weighted by Gasteiger charge is 2.06. The van der Waals surface area contributed by atoms with Crippen LogP contribution in [0.2, 0.25) is 0 Å². The van der Waals surface area contributed by atoms with E-state index in [0.717, 1.165) is 0 Å². The van der Waals surface area contributed by atoms with E-state index in [2.05, 4.69) is 11.9 Å². The molecule has 0 aliphatic heterocycles. The minimum Gasteiger partial charge on any atom is -0.351 e. The molecule has 1 N–H and O–H groups in total. The summed E-state index contributed by atoms with van der Waals surface area (Å²) in [7, 11) is 0. The summed E-state index contributed by atoms with van der Waals surface area (Å²) in [4.78, 5) is 22.7. The first-order valence-electron chi connectivity index (χ1n) is 5.24. The number of Topliss-reactive ketones (excluding diaryl/α,β-unsaturated/α-hetero) is 1. The van der Waals surface area contributed by atoms with E-state index < -0.39 is 0 Å². The molecule has 86 valence electrons. The first-order chi connectivity index (χ1) is 7.67. The van der Waals surface area contributed by atoms with Crippen molar-refractivity contribution in [2.45, 2.75) is 19.9 Å². The molecular formula is C12H16N2O2. The largest absolute Gasteiger partial charge is 0.351 e. The van der Waals surface area contributed by atoms with E-state index in [-0.39, 0.29) is 18.2 Å². The molecule has 0 unspecified atom stereocenters. The number of nitrogens with one attached hydrogen (secondary N) is 1. The van der Waals surface area contributed by atoms with Crippen LogP contribution in [-0.4, -0.2) is 22.8 Å². The molecule has 0 bridgehead atoms. The van der Waals surface area contributed by atoms with Crippen LogP contribution in [0.5, 0.6) is 0 Å². The van der Waals surface area contributed by atoms with Crippen molar-refractivity contribution >= 4 is 11.7 Å². The summed E-state index contributed by atoms with van der Waals surface area (Å²) < 4.78 is 1.70. The molecule has 1 aromatic rings. The molecular weight excluding hydrogens is 204 g/mol. The SMILES string of the molecule is C=CCNC(=O)Cn1ccc(C(=O)CC)c1. The molecule has 16 heavy (non-hydrogen) atoms. The summed E-state index contributed by atoms with van der Waals surface area (Å²) in [6.07, 6.45) is 5.53. The topological polar surface area (TPSA) is 51.1 Å². The molecule has 1 heterocycles. The maximum Gasteiger partial charge on any atom is 0.240 e. The fourth-order valence-electron chi connectivity index (χ4n) is 1.32. The van der Waals surface area contributed by atoms with E-state index in [9.17, 15) is 9.59 Å². The number of hydrogen-bond donors (Lipinski definition) is 1. The second-order valence-corrected chi connectivity index (χ2v) is 3.44. The van der Waals surface area contributed by atoms with Crippen LogP contribution in [0, 0.1) is 0 Å². The first kappa shape index (κ1) is 12.2. The van der Waals surface area contributed by atoms with Gasteiger partial charge in [0.15, 0.2) is 5.78 Å². The molecule has 0 aliphatic rings. The van der Waals surface area contributed by atoms with Gasteiger partial charge < -0.3 is 9.88 Å². The van der Waals surface area contributed by atoms with Gasteiger partial charge in [-0.1, -0.05) is 13.0 Å². The van der Waals surface area contributed by atoms with Crippen molar-refractivity contribution in [1.29, 1.82) is 0 Å². The Morgan fingerprint density at radius 2 is 2.31 bits per heavy atom. The van der Waals surface area contributed by atoms with Gasteiger partial charge in [-0.3, -0.25) is 9.59 Å². The van der Waals surface area contributed by atoms with E-state index in [1.807, 2.05) is 6.92 Å². The van der Waals surface area contributed by atoms with Gasteiger partial charge in [-0.15, -0.1) is 6.58 Å². The van der Waals surface area contributed by atoms with E-state index in [4.69, 9.17) is 0 Å². The Hall–Kier alpha value is -1.84. The lowest BCUT2D eigenvalue weighted by Crippen LogP contribution is -2.27. The quantitative estimate of drug-likeness (QED) is 0.581. The Morgan fingerprint density at radius 3 is 2.94 bits per heavy atom. The maximum absolute atomic E-state index is 11.4. The van der Waals surface area contributed by atoms with Crippen molar-refractivity contribution in [3.63, 3.8) is 0 Å². The van der Waals surface area contributed by atoms with Crippen LogP contribution in [-0.2, 0) is 11.3 Å². The van der Waals surface area contributed by atoms with Crippen LogP contribution in [0.1, 0.15) is 23.7 Å². The summed E-state index contributed by atoms with van der Waals surface area (Å²) in [6.45, 7) is 6.01. The third kappa shape index (κ3) is 3.38. The Kier molecular flexibility index (Phi) is 4.51. The minimum absolute atomic E-state index is 0.0882. The smallest absolute Gasteiger partial charge is 0.240 e. The Morgan fingerprint density at radius 1 is 1.56 bits per heavy atom. The molecule has 4 heteroatoms. The highest BCUT2D eigenvalue weighted by molar-refractivity contribution is 5.95. The first-order valence-corrected chi connectivity index (χ1v) is 5.24. The number of aromatic nitrogens is 1. The zero-order valence-corrected chi connectivity index (χ0v) is 9.40. The Balaban J connectivity index is 2.55. The molecule has 0 saturated carbocycles. The predicted molar refractivity (Wildman–Crippen MR) is 62.3 cm³/mol. The number of ketones is 1. The van der Waals surface area contributed by atoms with Crippen LogP contribution in [0.4, 0.5) is 0 Å². The fourth-order valence-corrected chi connectivity index (χ4v) is 1.32. The standard InChI is InChI=1S/C12H16N2O2/c1-3-6-13-12(16)9-14-7-5-10(8-14)11(15)4-2/h3,5,7-8H,1,4,6,9H2,2H3,(H,13,16). The van der Waals surface area contributed by atoms with Crippen LogP contribution >= 0.6 is 0 Å². The van der Waals surface area contributed by atoms with Crippen LogP contribution < -0.4 is 5.32 Å². The maximum atomic E-state index is 11.4. The molecule has 1 rings (SSSR count). The van der Waals surface area contributed by atoms with Gasteiger partial charge in [0.1, 0.15) is 6.54 Å². The van der Waals surface area contributed by atoms with Crippen LogP contribution in [0.15, 0.2) is 31.1 Å². The van der Waals surface area contributed by atoms with Gasteiger partial charge in [0.05, 0.1) is 0 Å². The van der Waals surface area contributed by atoms with Crippen LogP contribution in [0.3, 0.4) is 0 Å². The summed E-state index contributed by atoms with van der Waals surface area (Å²) in [5.74, 6) is -0.00347. The van der Waals surface area contributed by atoms with Crippen molar-refractivity contribution < 1.29 is 9.59 Å². The highest BCUT2D eigenvalue weighted by Crippen LogP contribution is 2.04. The van der Waals surface area contributed by atoms with Gasteiger partial charge in [-0.2, -0.15) is 0 Å². The third-order valence-electron chi connectivity index (χ3n) is 2.16. The molecule has 0 atom stereocenters. The van der Waals surface area contributed by atoms with E-state index in [1.165, 1.54) is 0 Å². The fraction of sp³-hybridized carbons (Fsp3) is 0.333. The number of carbonyl (C=O) groups is 2. The van der Waals surface area contributed by atoms with Crippen molar-refractivity contribution in [1.82, 2.24) is 9.88 Å². The van der Waals surface area contributed by atoms with E-state index in [0.29, 0.717) is 18.5 Å². The minimum atomic E-state index is -0.0917. The van der Waals surface area contributed by atoms with Gasteiger partial charge in [-0.05, 0) is 6.07 Å². The Bertz CT molecular complexity index is 393. The molecule has 0 spiro atoms. The van der Waals surface area contributed by atoms with E-state index >= 15 is 0 Å². The molecule has 0 fully saturated rings. The molecule has 0 saturated heterocycles. The van der Waals surface area contributed by atoms with Gasteiger partial charge in [-0.25, -0.2) is 0 Å². The van der Waals surface area contributed by atoms with Crippen LogP contribution in [0.25, 0.3) is 0 Å². The zero-order chi connectivity index (χ0) is 12.0. The summed E-state index contributed by atoms with van der Waals surface area (Å²) >= 11 is 0. The van der Waals surface area contributed by atoms with Crippen molar-refractivity contribution in [2.75, 3.05) is 6.54 Å². The highest BCUT2D eigenvalue weighted by atomic mass is 16.2. The lowest BCUT2D eigenvalue weighted by Gasteiger charge is -2.02. The van der Waals surface area contributed by atoms with Gasteiger partial charge >= 0.3 is 0 Å². The number of carbonyl (C=O) groups excluding carboxylic acids is 2. The summed E-state index contributed by atoms with van der Waals surface area (Å²) in [6, 6.07) is 1.73. The molecule has 0 radical (unpaired) electrons.